The van der Waals surface area contributed by atoms with E-state index in [0.717, 1.165) is 58.3 Å². The number of carbonyl (C=O) groups is 3. The second kappa shape index (κ2) is 44.2. The molecule has 0 radical (unpaired) electrons. The number of carbonyl (C=O) groups excluding carboxylic acids is 2. The topological polar surface area (TPSA) is 373 Å². The Bertz CT molecular complexity index is 1740. The van der Waals surface area contributed by atoms with Crippen molar-refractivity contribution in [1.82, 2.24) is 10.6 Å². The van der Waals surface area contributed by atoms with Gasteiger partial charge in [0.05, 0.1) is 50.7 Å². The first-order valence-electron chi connectivity index (χ1n) is 32.9. The van der Waals surface area contributed by atoms with Gasteiger partial charge in [0.25, 0.3) is 5.79 Å². The molecular formula is C62H116N2O21. The molecule has 0 aliphatic carbocycles. The van der Waals surface area contributed by atoms with Gasteiger partial charge in [0.15, 0.2) is 12.6 Å². The lowest BCUT2D eigenvalue weighted by molar-refractivity contribution is -0.386. The van der Waals surface area contributed by atoms with Crippen LogP contribution in [0.3, 0.4) is 0 Å². The van der Waals surface area contributed by atoms with Crippen molar-refractivity contribution < 1.29 is 104 Å². The molecule has 0 spiro atoms. The van der Waals surface area contributed by atoms with E-state index in [-0.39, 0.29) is 18.9 Å². The van der Waals surface area contributed by atoms with Gasteiger partial charge in [-0.3, -0.25) is 9.59 Å². The maximum Gasteiger partial charge on any atom is 0.364 e. The minimum Gasteiger partial charge on any atom is -0.477 e. The highest BCUT2D eigenvalue weighted by molar-refractivity contribution is 5.77. The van der Waals surface area contributed by atoms with E-state index in [1.807, 2.05) is 0 Å². The molecule has 0 saturated carbocycles. The summed E-state index contributed by atoms with van der Waals surface area (Å²) in [5.41, 5.74) is 0. The Kier molecular flexibility index (Phi) is 40.1. The molecule has 3 aliphatic heterocycles. The van der Waals surface area contributed by atoms with Crippen LogP contribution in [0.4, 0.5) is 0 Å². The fourth-order valence-corrected chi connectivity index (χ4v) is 11.8. The molecule has 2 amide bonds. The van der Waals surface area contributed by atoms with Crippen molar-refractivity contribution in [3.05, 3.63) is 0 Å². The van der Waals surface area contributed by atoms with Crippen LogP contribution in [-0.4, -0.2) is 215 Å². The van der Waals surface area contributed by atoms with Crippen LogP contribution in [0.5, 0.6) is 0 Å². The Labute approximate surface area is 506 Å². The number of nitrogens with one attached hydrogen (secondary N) is 2. The van der Waals surface area contributed by atoms with Crippen molar-refractivity contribution >= 4 is 17.8 Å². The molecular weight excluding hydrogens is 1110 g/mol. The van der Waals surface area contributed by atoms with Gasteiger partial charge in [-0.2, -0.15) is 0 Å². The van der Waals surface area contributed by atoms with Crippen LogP contribution in [0.25, 0.3) is 0 Å². The zero-order chi connectivity index (χ0) is 62.6. The zero-order valence-corrected chi connectivity index (χ0v) is 51.7. The fourth-order valence-electron chi connectivity index (χ4n) is 11.8. The van der Waals surface area contributed by atoms with Crippen LogP contribution >= 0.6 is 0 Å². The van der Waals surface area contributed by atoms with Gasteiger partial charge < -0.3 is 100 Å². The third-order valence-corrected chi connectivity index (χ3v) is 17.1. The summed E-state index contributed by atoms with van der Waals surface area (Å²) in [5.74, 6) is -6.09. The van der Waals surface area contributed by atoms with Crippen LogP contribution < -0.4 is 10.6 Å². The van der Waals surface area contributed by atoms with Crippen LogP contribution in [0.1, 0.15) is 239 Å². The minimum atomic E-state index is -3.08. The molecule has 500 valence electrons. The van der Waals surface area contributed by atoms with Crippen molar-refractivity contribution in [2.24, 2.45) is 0 Å². The number of ether oxygens (including phenoxy) is 6. The van der Waals surface area contributed by atoms with Gasteiger partial charge in [-0.1, -0.05) is 206 Å². The number of aliphatic carboxylic acids is 1. The van der Waals surface area contributed by atoms with Crippen molar-refractivity contribution in [3.63, 3.8) is 0 Å². The lowest BCUT2D eigenvalue weighted by atomic mass is 9.88. The lowest BCUT2D eigenvalue weighted by Crippen LogP contribution is -2.70. The standard InChI is InChI=1S/C62H116N2O21/c1-4-6-8-10-12-14-16-18-20-22-24-26-28-30-32-34-36-49(72)64-43(44(69)35-33-31-29-27-25-23-21-19-17-15-13-11-9-7-5-2)41-80-59-54(76)53(75)56(48(40-67)82-59)83-60-55(77)58(52(74)47(39-66)81-60)85-62(61(78)79)37-45(70)50(63-42(3)68)57(84-62)51(73)46(71)38-65/h43-48,50-60,65-67,69-71,73-77H,4-41H2,1-3H3,(H,63,68)(H,64,72)(H,78,79). The average Bonchev–Trinajstić information content (AvgIpc) is 1.31. The SMILES string of the molecule is CCCCCCCCCCCCCCCCCCC(=O)NC(COC1OC(CO)C(OC2OC(CO)C(O)C(OC3(C(=O)O)CC(O)C(NC(C)=O)C(C(O)C(O)CO)O3)C2O)C(O)C1O)C(O)CCCCCCCCCCCCCCCCC. The van der Waals surface area contributed by atoms with Crippen molar-refractivity contribution in [3.8, 4) is 0 Å². The predicted octanol–water partition coefficient (Wildman–Crippen LogP) is 4.56. The summed E-state index contributed by atoms with van der Waals surface area (Å²) >= 11 is 0. The van der Waals surface area contributed by atoms with E-state index < -0.39 is 148 Å². The van der Waals surface area contributed by atoms with E-state index in [1.165, 1.54) is 135 Å². The largest absolute Gasteiger partial charge is 0.477 e. The number of unbranched alkanes of at least 4 members (excludes halogenated alkanes) is 29. The van der Waals surface area contributed by atoms with Gasteiger partial charge >= 0.3 is 5.97 Å². The van der Waals surface area contributed by atoms with Gasteiger partial charge in [0, 0.05) is 19.8 Å². The second-order valence-electron chi connectivity index (χ2n) is 24.3. The van der Waals surface area contributed by atoms with E-state index in [1.54, 1.807) is 0 Å². The minimum absolute atomic E-state index is 0.229. The van der Waals surface area contributed by atoms with E-state index in [9.17, 15) is 75.7 Å². The number of hydrogen-bond donors (Lipinski definition) is 14. The number of carboxylic acid groups (broad SMARTS) is 1. The zero-order valence-electron chi connectivity index (χ0n) is 51.7. The Hall–Kier alpha value is -2.27. The third-order valence-electron chi connectivity index (χ3n) is 17.1. The van der Waals surface area contributed by atoms with E-state index in [4.69, 9.17) is 28.4 Å². The van der Waals surface area contributed by atoms with E-state index in [2.05, 4.69) is 24.5 Å². The second-order valence-corrected chi connectivity index (χ2v) is 24.3. The van der Waals surface area contributed by atoms with Crippen LogP contribution in [0.15, 0.2) is 0 Å². The van der Waals surface area contributed by atoms with Crippen LogP contribution in [0, 0.1) is 0 Å². The average molecular weight is 1230 g/mol. The highest BCUT2D eigenvalue weighted by Crippen LogP contribution is 2.39. The molecule has 23 nitrogen and oxygen atoms in total. The number of rotatable bonds is 49. The molecule has 23 heteroatoms. The smallest absolute Gasteiger partial charge is 0.364 e. The Morgan fingerprint density at radius 2 is 1.02 bits per heavy atom. The van der Waals surface area contributed by atoms with Gasteiger partial charge in [-0.05, 0) is 12.8 Å². The van der Waals surface area contributed by atoms with Gasteiger partial charge in [-0.25, -0.2) is 4.79 Å². The number of aliphatic hydroxyl groups is 11. The van der Waals surface area contributed by atoms with Crippen LogP contribution in [-0.2, 0) is 42.8 Å². The number of aliphatic hydroxyl groups excluding tert-OH is 11. The molecule has 18 unspecified atom stereocenters. The first kappa shape index (κ1) is 77.0. The molecule has 3 heterocycles. The van der Waals surface area contributed by atoms with Gasteiger partial charge in [-0.15, -0.1) is 0 Å². The predicted molar refractivity (Wildman–Crippen MR) is 315 cm³/mol. The molecule has 85 heavy (non-hydrogen) atoms. The molecule has 3 aliphatic rings. The Balaban J connectivity index is 1.63. The first-order valence-corrected chi connectivity index (χ1v) is 32.9. The molecule has 0 bridgehead atoms. The molecule has 14 N–H and O–H groups in total. The first-order chi connectivity index (χ1) is 40.9. The van der Waals surface area contributed by atoms with Crippen molar-refractivity contribution in [2.45, 2.75) is 349 Å². The Morgan fingerprint density at radius 1 is 0.565 bits per heavy atom. The highest BCUT2D eigenvalue weighted by atomic mass is 16.8. The molecule has 3 fully saturated rings. The molecule has 18 atom stereocenters. The summed E-state index contributed by atoms with van der Waals surface area (Å²) in [6.07, 6.45) is 8.24. The number of amides is 2. The summed E-state index contributed by atoms with van der Waals surface area (Å²) in [6.45, 7) is 2.20. The van der Waals surface area contributed by atoms with Crippen molar-refractivity contribution in [1.29, 1.82) is 0 Å². The maximum absolute atomic E-state index is 13.4. The fraction of sp³-hybridized carbons (Fsp3) is 0.952. The molecule has 0 aromatic carbocycles. The summed E-state index contributed by atoms with van der Waals surface area (Å²) in [4.78, 5) is 38.5. The summed E-state index contributed by atoms with van der Waals surface area (Å²) in [7, 11) is 0. The highest BCUT2D eigenvalue weighted by Gasteiger charge is 2.60. The third kappa shape index (κ3) is 27.8. The van der Waals surface area contributed by atoms with Gasteiger partial charge in [0.2, 0.25) is 11.8 Å². The monoisotopic (exact) mass is 1220 g/mol. The molecule has 0 aromatic heterocycles. The summed E-state index contributed by atoms with van der Waals surface area (Å²) in [5, 5.41) is 136. The maximum atomic E-state index is 13.4. The van der Waals surface area contributed by atoms with Crippen LogP contribution in [0.2, 0.25) is 0 Å². The molecule has 3 rings (SSSR count). The van der Waals surface area contributed by atoms with E-state index >= 15 is 0 Å². The van der Waals surface area contributed by atoms with E-state index in [0.29, 0.717) is 19.3 Å². The molecule has 3 saturated heterocycles. The van der Waals surface area contributed by atoms with Crippen molar-refractivity contribution in [2.75, 3.05) is 26.4 Å². The summed E-state index contributed by atoms with van der Waals surface area (Å²) < 4.78 is 34.8. The normalized spacial score (nSPS) is 29.5. The Morgan fingerprint density at radius 3 is 1.47 bits per heavy atom. The quantitative estimate of drug-likeness (QED) is 0.0371. The summed E-state index contributed by atoms with van der Waals surface area (Å²) in [6, 6.07) is -2.52. The van der Waals surface area contributed by atoms with Gasteiger partial charge in [0.1, 0.15) is 67.1 Å². The number of carboxylic acids is 1. The number of hydrogen-bond acceptors (Lipinski definition) is 20. The lowest BCUT2D eigenvalue weighted by Gasteiger charge is -2.50. The molecule has 0 aromatic rings.